The van der Waals surface area contributed by atoms with Gasteiger partial charge in [0.1, 0.15) is 0 Å². The minimum Gasteiger partial charge on any atom is -0.385 e. The van der Waals surface area contributed by atoms with E-state index >= 15 is 0 Å². The lowest BCUT2D eigenvalue weighted by atomic mass is 9.88. The van der Waals surface area contributed by atoms with Crippen LogP contribution in [0.3, 0.4) is 0 Å². The molecular weight excluding hydrogens is 290 g/mol. The molecule has 0 aliphatic heterocycles. The van der Waals surface area contributed by atoms with Crippen LogP contribution in [0, 0.1) is 11.8 Å². The molecule has 0 bridgehead atoms. The summed E-state index contributed by atoms with van der Waals surface area (Å²) in [5, 5.41) is 14.6. The molecule has 2 aromatic heterocycles. The maximum atomic E-state index is 11.1. The minimum absolute atomic E-state index is 0.00104. The Kier molecular flexibility index (Phi) is 2.63. The molecule has 0 aromatic carbocycles. The van der Waals surface area contributed by atoms with Crippen LogP contribution in [0.5, 0.6) is 0 Å². The van der Waals surface area contributed by atoms with Crippen molar-refractivity contribution < 1.29 is 9.90 Å². The molecule has 4 atom stereocenters. The zero-order valence-electron chi connectivity index (χ0n) is 11.6. The Hall–Kier alpha value is -1.59. The summed E-state index contributed by atoms with van der Waals surface area (Å²) < 4.78 is 1.84. The van der Waals surface area contributed by atoms with E-state index in [1.807, 2.05) is 10.5 Å². The van der Waals surface area contributed by atoms with Crippen molar-refractivity contribution in [1.29, 1.82) is 0 Å². The molecule has 2 aromatic rings. The monoisotopic (exact) mass is 305 g/mol. The molecule has 2 fully saturated rings. The van der Waals surface area contributed by atoms with Crippen LogP contribution in [0.4, 0.5) is 0 Å². The lowest BCUT2D eigenvalue weighted by Crippen LogP contribution is -2.32. The van der Waals surface area contributed by atoms with Crippen LogP contribution in [0.25, 0.3) is 5.52 Å². The third kappa shape index (κ3) is 1.95. The molecule has 6 heteroatoms. The normalized spacial score (nSPS) is 34.0. The third-order valence-corrected chi connectivity index (χ3v) is 5.04. The van der Waals surface area contributed by atoms with Gasteiger partial charge in [0.2, 0.25) is 5.91 Å². The summed E-state index contributed by atoms with van der Waals surface area (Å²) in [5.74, 6) is 0.723. The SMILES string of the molecule is CC(=O)N[C@H]1[C@@H]2C[C@](O)(c3cc(Cl)cn4cncc34)C[C@@H]21. The molecule has 2 heterocycles. The van der Waals surface area contributed by atoms with Crippen molar-refractivity contribution >= 4 is 23.0 Å². The fraction of sp³-hybridized carbons (Fsp3) is 0.467. The van der Waals surface area contributed by atoms with E-state index in [0.717, 1.165) is 11.1 Å². The molecule has 21 heavy (non-hydrogen) atoms. The van der Waals surface area contributed by atoms with Crippen LogP contribution < -0.4 is 5.32 Å². The highest BCUT2D eigenvalue weighted by molar-refractivity contribution is 6.30. The first kappa shape index (κ1) is 13.1. The topological polar surface area (TPSA) is 66.6 Å². The molecule has 2 saturated carbocycles. The highest BCUT2D eigenvalue weighted by atomic mass is 35.5. The van der Waals surface area contributed by atoms with Crippen molar-refractivity contribution in [1.82, 2.24) is 14.7 Å². The first-order valence-electron chi connectivity index (χ1n) is 7.09. The number of hydrogen-bond donors (Lipinski definition) is 2. The molecule has 0 unspecified atom stereocenters. The molecule has 2 aliphatic rings. The Labute approximate surface area is 126 Å². The lowest BCUT2D eigenvalue weighted by molar-refractivity contribution is -0.119. The van der Waals surface area contributed by atoms with E-state index < -0.39 is 5.60 Å². The van der Waals surface area contributed by atoms with Crippen molar-refractivity contribution in [2.24, 2.45) is 11.8 Å². The highest BCUT2D eigenvalue weighted by Crippen LogP contribution is 2.60. The van der Waals surface area contributed by atoms with E-state index in [-0.39, 0.29) is 11.9 Å². The first-order chi connectivity index (χ1) is 9.98. The van der Waals surface area contributed by atoms with E-state index in [0.29, 0.717) is 29.7 Å². The number of nitrogens with one attached hydrogen (secondary N) is 1. The fourth-order valence-electron chi connectivity index (χ4n) is 3.90. The number of hydrogen-bond acceptors (Lipinski definition) is 3. The van der Waals surface area contributed by atoms with Gasteiger partial charge < -0.3 is 14.8 Å². The smallest absolute Gasteiger partial charge is 0.217 e. The summed E-state index contributed by atoms with van der Waals surface area (Å²) in [5.41, 5.74) is 0.844. The third-order valence-electron chi connectivity index (χ3n) is 4.84. The average Bonchev–Trinajstić information content (AvgIpc) is 2.83. The van der Waals surface area contributed by atoms with E-state index in [1.165, 1.54) is 6.92 Å². The van der Waals surface area contributed by atoms with Gasteiger partial charge >= 0.3 is 0 Å². The van der Waals surface area contributed by atoms with Crippen LogP contribution in [-0.2, 0) is 10.4 Å². The van der Waals surface area contributed by atoms with Crippen LogP contribution in [-0.4, -0.2) is 26.4 Å². The number of fused-ring (bicyclic) bond motifs is 2. The van der Waals surface area contributed by atoms with Gasteiger partial charge in [-0.3, -0.25) is 4.79 Å². The number of pyridine rings is 1. The fourth-order valence-corrected chi connectivity index (χ4v) is 4.12. The Morgan fingerprint density at radius 3 is 2.90 bits per heavy atom. The number of carbonyl (C=O) groups is 1. The second-order valence-corrected chi connectivity index (χ2v) is 6.69. The first-order valence-corrected chi connectivity index (χ1v) is 7.47. The number of aromatic nitrogens is 2. The van der Waals surface area contributed by atoms with E-state index in [9.17, 15) is 9.90 Å². The summed E-state index contributed by atoms with van der Waals surface area (Å²) in [6.45, 7) is 1.53. The van der Waals surface area contributed by atoms with Gasteiger partial charge in [-0.15, -0.1) is 0 Å². The molecule has 2 aliphatic carbocycles. The molecule has 0 saturated heterocycles. The number of imidazole rings is 1. The minimum atomic E-state index is -0.878. The Bertz CT molecular complexity index is 730. The maximum Gasteiger partial charge on any atom is 0.217 e. The number of amides is 1. The Balaban J connectivity index is 1.65. The molecule has 0 radical (unpaired) electrons. The number of halogens is 1. The largest absolute Gasteiger partial charge is 0.385 e. The predicted molar refractivity (Wildman–Crippen MR) is 77.9 cm³/mol. The Morgan fingerprint density at radius 2 is 2.24 bits per heavy atom. The zero-order valence-corrected chi connectivity index (χ0v) is 12.3. The average molecular weight is 306 g/mol. The Morgan fingerprint density at radius 1 is 1.52 bits per heavy atom. The summed E-state index contributed by atoms with van der Waals surface area (Å²) in [6, 6.07) is 2.05. The van der Waals surface area contributed by atoms with Gasteiger partial charge in [-0.1, -0.05) is 11.6 Å². The van der Waals surface area contributed by atoms with Gasteiger partial charge in [-0.05, 0) is 30.7 Å². The van der Waals surface area contributed by atoms with Crippen molar-refractivity contribution in [3.63, 3.8) is 0 Å². The number of rotatable bonds is 2. The molecule has 5 nitrogen and oxygen atoms in total. The molecular formula is C15H16ClN3O2. The predicted octanol–water partition coefficient (Wildman–Crippen LogP) is 1.72. The molecule has 1 amide bonds. The van der Waals surface area contributed by atoms with Gasteiger partial charge in [0.15, 0.2) is 0 Å². The van der Waals surface area contributed by atoms with Crippen LogP contribution in [0.15, 0.2) is 24.8 Å². The van der Waals surface area contributed by atoms with Gasteiger partial charge in [0, 0.05) is 24.7 Å². The summed E-state index contributed by atoms with van der Waals surface area (Å²) in [4.78, 5) is 15.3. The number of nitrogens with zero attached hydrogens (tertiary/aromatic N) is 2. The van der Waals surface area contributed by atoms with Crippen LogP contribution in [0.1, 0.15) is 25.3 Å². The van der Waals surface area contributed by atoms with Crippen molar-refractivity contribution in [3.05, 3.63) is 35.4 Å². The molecule has 4 rings (SSSR count). The van der Waals surface area contributed by atoms with E-state index in [2.05, 4.69) is 10.3 Å². The lowest BCUT2D eigenvalue weighted by Gasteiger charge is -2.27. The summed E-state index contributed by atoms with van der Waals surface area (Å²) in [7, 11) is 0. The molecule has 110 valence electrons. The van der Waals surface area contributed by atoms with Crippen molar-refractivity contribution in [2.75, 3.05) is 0 Å². The molecule has 2 N–H and O–H groups in total. The number of carbonyl (C=O) groups excluding carboxylic acids is 1. The van der Waals surface area contributed by atoms with Gasteiger partial charge in [-0.25, -0.2) is 4.98 Å². The van der Waals surface area contributed by atoms with Crippen molar-refractivity contribution in [2.45, 2.75) is 31.4 Å². The quantitative estimate of drug-likeness (QED) is 0.888. The highest BCUT2D eigenvalue weighted by Gasteiger charge is 2.62. The standard InChI is InChI=1S/C15H16ClN3O2/c1-8(20)18-14-10-3-15(21,4-11(10)14)12-2-9(16)6-19-7-17-5-13(12)19/h2,5-7,10-11,14,21H,3-4H2,1H3,(H,18,20)/t10-,11+,14+,15-. The zero-order chi connectivity index (χ0) is 14.8. The van der Waals surface area contributed by atoms with Crippen molar-refractivity contribution in [3.8, 4) is 0 Å². The van der Waals surface area contributed by atoms with E-state index in [1.54, 1.807) is 18.7 Å². The second-order valence-electron chi connectivity index (χ2n) is 6.25. The van der Waals surface area contributed by atoms with Gasteiger partial charge in [0.25, 0.3) is 0 Å². The van der Waals surface area contributed by atoms with Crippen LogP contribution >= 0.6 is 11.6 Å². The molecule has 0 spiro atoms. The summed E-state index contributed by atoms with van der Waals surface area (Å²) in [6.07, 6.45) is 6.53. The van der Waals surface area contributed by atoms with Crippen LogP contribution in [0.2, 0.25) is 5.02 Å². The van der Waals surface area contributed by atoms with E-state index in [4.69, 9.17) is 11.6 Å². The van der Waals surface area contributed by atoms with Gasteiger partial charge in [0.05, 0.1) is 28.7 Å². The van der Waals surface area contributed by atoms with Gasteiger partial charge in [-0.2, -0.15) is 0 Å². The maximum absolute atomic E-state index is 11.1. The summed E-state index contributed by atoms with van der Waals surface area (Å²) >= 11 is 6.15. The number of aliphatic hydroxyl groups is 1. The second kappa shape index (κ2) is 4.21.